The minimum absolute atomic E-state index is 0. The number of rotatable bonds is 3. The van der Waals surface area contributed by atoms with Gasteiger partial charge < -0.3 is 10.2 Å². The zero-order chi connectivity index (χ0) is 17.5. The van der Waals surface area contributed by atoms with Crippen molar-refractivity contribution < 1.29 is 0 Å². The highest BCUT2D eigenvalue weighted by Gasteiger charge is 2.22. The van der Waals surface area contributed by atoms with E-state index < -0.39 is 0 Å². The fourth-order valence-corrected chi connectivity index (χ4v) is 4.96. The summed E-state index contributed by atoms with van der Waals surface area (Å²) in [6, 6.07) is 8.94. The van der Waals surface area contributed by atoms with Crippen LogP contribution in [0.25, 0.3) is 10.2 Å². The summed E-state index contributed by atoms with van der Waals surface area (Å²) in [6.45, 7) is 8.41. The van der Waals surface area contributed by atoms with Crippen LogP contribution in [0.15, 0.2) is 30.6 Å². The highest BCUT2D eigenvalue weighted by Crippen LogP contribution is 2.31. The number of fused-ring (bicyclic) bond motifs is 2. The molecule has 0 bridgehead atoms. The van der Waals surface area contributed by atoms with E-state index in [1.807, 2.05) is 0 Å². The van der Waals surface area contributed by atoms with E-state index in [0.29, 0.717) is 0 Å². The van der Waals surface area contributed by atoms with Crippen molar-refractivity contribution in [3.63, 3.8) is 0 Å². The molecule has 0 amide bonds. The van der Waals surface area contributed by atoms with Crippen molar-refractivity contribution in [1.29, 1.82) is 0 Å². The van der Waals surface area contributed by atoms with Gasteiger partial charge in [0.15, 0.2) is 0 Å². The molecule has 0 spiro atoms. The van der Waals surface area contributed by atoms with Gasteiger partial charge in [-0.1, -0.05) is 18.2 Å². The van der Waals surface area contributed by atoms with E-state index in [9.17, 15) is 0 Å². The molecular formula is C20H24ClN5S. The molecule has 2 aliphatic heterocycles. The van der Waals surface area contributed by atoms with E-state index in [2.05, 4.69) is 56.3 Å². The van der Waals surface area contributed by atoms with Crippen LogP contribution in [0.4, 0.5) is 11.5 Å². The smallest absolute Gasteiger partial charge is 0.140 e. The highest BCUT2D eigenvalue weighted by molar-refractivity contribution is 7.18. The Kier molecular flexibility index (Phi) is 5.21. The van der Waals surface area contributed by atoms with Crippen LogP contribution in [0.3, 0.4) is 0 Å². The molecule has 7 heteroatoms. The average Bonchev–Trinajstić information content (AvgIpc) is 3.28. The molecule has 27 heavy (non-hydrogen) atoms. The highest BCUT2D eigenvalue weighted by atomic mass is 35.5. The lowest BCUT2D eigenvalue weighted by molar-refractivity contribution is 0.250. The number of anilines is 2. The van der Waals surface area contributed by atoms with Gasteiger partial charge >= 0.3 is 0 Å². The summed E-state index contributed by atoms with van der Waals surface area (Å²) in [5, 5.41) is 4.76. The molecule has 1 saturated heterocycles. The minimum Gasteiger partial charge on any atom is -0.384 e. The normalized spacial score (nSPS) is 16.9. The van der Waals surface area contributed by atoms with Crippen molar-refractivity contribution in [2.45, 2.75) is 19.9 Å². The van der Waals surface area contributed by atoms with Crippen LogP contribution >= 0.6 is 23.7 Å². The lowest BCUT2D eigenvalue weighted by Crippen LogP contribution is -2.46. The van der Waals surface area contributed by atoms with Gasteiger partial charge in [-0.25, -0.2) is 9.97 Å². The average molecular weight is 402 g/mol. The molecule has 0 saturated carbocycles. The first-order chi connectivity index (χ1) is 12.8. The van der Waals surface area contributed by atoms with Crippen LogP contribution in [0.1, 0.15) is 16.0 Å². The predicted octanol–water partition coefficient (Wildman–Crippen LogP) is 3.71. The fourth-order valence-electron chi connectivity index (χ4n) is 4.12. The Morgan fingerprint density at radius 2 is 2.00 bits per heavy atom. The quantitative estimate of drug-likeness (QED) is 0.724. The van der Waals surface area contributed by atoms with Gasteiger partial charge in [-0.2, -0.15) is 0 Å². The van der Waals surface area contributed by atoms with Gasteiger partial charge in [0.1, 0.15) is 17.0 Å². The molecule has 3 aromatic rings. The Bertz CT molecular complexity index is 949. The fraction of sp³-hybridized carbons (Fsp3) is 0.400. The molecular weight excluding hydrogens is 378 g/mol. The minimum atomic E-state index is 0. The van der Waals surface area contributed by atoms with Crippen LogP contribution < -0.4 is 10.2 Å². The van der Waals surface area contributed by atoms with Gasteiger partial charge in [0.05, 0.1) is 5.39 Å². The third kappa shape index (κ3) is 3.49. The molecule has 2 aliphatic rings. The molecule has 0 aliphatic carbocycles. The van der Waals surface area contributed by atoms with Gasteiger partial charge in [-0.15, -0.1) is 23.7 Å². The largest absolute Gasteiger partial charge is 0.384 e. The van der Waals surface area contributed by atoms with E-state index in [0.717, 1.165) is 56.3 Å². The number of para-hydroxylation sites is 1. The summed E-state index contributed by atoms with van der Waals surface area (Å²) in [4.78, 5) is 16.4. The van der Waals surface area contributed by atoms with Gasteiger partial charge in [0, 0.05) is 49.8 Å². The van der Waals surface area contributed by atoms with Crippen LogP contribution in [0.5, 0.6) is 0 Å². The van der Waals surface area contributed by atoms with E-state index in [1.54, 1.807) is 17.7 Å². The first kappa shape index (κ1) is 18.5. The summed E-state index contributed by atoms with van der Waals surface area (Å²) in [5.74, 6) is 1.10. The topological polar surface area (TPSA) is 44.3 Å². The molecule has 4 heterocycles. The molecule has 0 radical (unpaired) electrons. The third-order valence-corrected chi connectivity index (χ3v) is 6.39. The standard InChI is InChI=1S/C20H23N5S.ClH/c1-14-11-17-19(22-13-23-20(17)26-14)25-9-7-24(8-10-25)12-16-4-2-3-15-5-6-21-18(15)16;/h2-4,11,13,21H,5-10,12H2,1H3;1H. The number of piperazine rings is 1. The van der Waals surface area contributed by atoms with Crippen molar-refractivity contribution in [2.75, 3.05) is 42.9 Å². The monoisotopic (exact) mass is 401 g/mol. The summed E-state index contributed by atoms with van der Waals surface area (Å²) < 4.78 is 0. The zero-order valence-corrected chi connectivity index (χ0v) is 17.1. The van der Waals surface area contributed by atoms with Gasteiger partial charge in [-0.3, -0.25) is 4.90 Å². The van der Waals surface area contributed by atoms with E-state index in [4.69, 9.17) is 0 Å². The second-order valence-electron chi connectivity index (χ2n) is 7.16. The Hall–Kier alpha value is -1.89. The lowest BCUT2D eigenvalue weighted by Gasteiger charge is -2.35. The molecule has 2 aromatic heterocycles. The van der Waals surface area contributed by atoms with Crippen molar-refractivity contribution in [1.82, 2.24) is 14.9 Å². The van der Waals surface area contributed by atoms with Crippen LogP contribution in [0.2, 0.25) is 0 Å². The van der Waals surface area contributed by atoms with Gasteiger partial charge in [-0.05, 0) is 30.5 Å². The summed E-state index contributed by atoms with van der Waals surface area (Å²) in [7, 11) is 0. The SMILES string of the molecule is Cc1cc2c(N3CCN(Cc4cccc5c4NCC5)CC3)ncnc2s1.Cl. The lowest BCUT2D eigenvalue weighted by atomic mass is 10.1. The predicted molar refractivity (Wildman–Crippen MR) is 116 cm³/mol. The van der Waals surface area contributed by atoms with Crippen molar-refractivity contribution in [2.24, 2.45) is 0 Å². The number of nitrogens with one attached hydrogen (secondary N) is 1. The number of benzene rings is 1. The molecule has 0 unspecified atom stereocenters. The molecule has 5 nitrogen and oxygen atoms in total. The Morgan fingerprint density at radius 1 is 1.15 bits per heavy atom. The molecule has 1 fully saturated rings. The first-order valence-corrected chi connectivity index (χ1v) is 10.1. The van der Waals surface area contributed by atoms with E-state index >= 15 is 0 Å². The zero-order valence-electron chi connectivity index (χ0n) is 15.4. The molecule has 1 aromatic carbocycles. The van der Waals surface area contributed by atoms with Crippen LogP contribution in [-0.2, 0) is 13.0 Å². The Morgan fingerprint density at radius 3 is 2.85 bits per heavy atom. The third-order valence-electron chi connectivity index (χ3n) is 5.43. The van der Waals surface area contributed by atoms with Gasteiger partial charge in [0.25, 0.3) is 0 Å². The summed E-state index contributed by atoms with van der Waals surface area (Å²) >= 11 is 1.75. The Labute approximate surface area is 169 Å². The number of thiophene rings is 1. The molecule has 5 rings (SSSR count). The Balaban J connectivity index is 0.00000180. The van der Waals surface area contributed by atoms with Gasteiger partial charge in [0.2, 0.25) is 0 Å². The van der Waals surface area contributed by atoms with E-state index in [-0.39, 0.29) is 12.4 Å². The van der Waals surface area contributed by atoms with Crippen molar-refractivity contribution in [3.05, 3.63) is 46.6 Å². The number of hydrogen-bond donors (Lipinski definition) is 1. The van der Waals surface area contributed by atoms with Crippen molar-refractivity contribution >= 4 is 45.5 Å². The first-order valence-electron chi connectivity index (χ1n) is 9.31. The number of hydrogen-bond acceptors (Lipinski definition) is 6. The maximum absolute atomic E-state index is 4.59. The van der Waals surface area contributed by atoms with Crippen LogP contribution in [0, 0.1) is 6.92 Å². The maximum Gasteiger partial charge on any atom is 0.140 e. The number of aromatic nitrogens is 2. The molecule has 0 atom stereocenters. The molecule has 1 N–H and O–H groups in total. The van der Waals surface area contributed by atoms with Crippen molar-refractivity contribution in [3.8, 4) is 0 Å². The maximum atomic E-state index is 4.59. The summed E-state index contributed by atoms with van der Waals surface area (Å²) in [6.07, 6.45) is 2.86. The number of nitrogens with zero attached hydrogens (tertiary/aromatic N) is 4. The number of aryl methyl sites for hydroxylation is 1. The van der Waals surface area contributed by atoms with E-state index in [1.165, 1.54) is 27.1 Å². The van der Waals surface area contributed by atoms with Crippen LogP contribution in [-0.4, -0.2) is 47.6 Å². The second kappa shape index (κ2) is 7.62. The molecule has 142 valence electrons. The summed E-state index contributed by atoms with van der Waals surface area (Å²) in [5.41, 5.74) is 4.28. The second-order valence-corrected chi connectivity index (χ2v) is 8.40. The number of halogens is 1.